The minimum Gasteiger partial charge on any atom is -0.493 e. The molecule has 0 radical (unpaired) electrons. The number of hydrogen-bond donors (Lipinski definition) is 0. The van der Waals surface area contributed by atoms with Crippen LogP contribution in [0.4, 0.5) is 4.39 Å². The lowest BCUT2D eigenvalue weighted by Crippen LogP contribution is -2.21. The van der Waals surface area contributed by atoms with Crippen LogP contribution in [0.15, 0.2) is 42.5 Å². The van der Waals surface area contributed by atoms with Crippen molar-refractivity contribution in [2.45, 2.75) is 13.3 Å². The lowest BCUT2D eigenvalue weighted by molar-refractivity contribution is -0.146. The number of rotatable bonds is 8. The van der Waals surface area contributed by atoms with Crippen LogP contribution in [0.1, 0.15) is 22.8 Å². The second-order valence-corrected chi connectivity index (χ2v) is 5.84. The zero-order valence-electron chi connectivity index (χ0n) is 15.0. The Kier molecular flexibility index (Phi) is 6.72. The highest BCUT2D eigenvalue weighted by Crippen LogP contribution is 2.27. The molecule has 138 valence electrons. The number of halogens is 1. The van der Waals surface area contributed by atoms with E-state index in [0.29, 0.717) is 29.0 Å². The summed E-state index contributed by atoms with van der Waals surface area (Å²) in [5.41, 5.74) is 1.05. The first kappa shape index (κ1) is 19.4. The van der Waals surface area contributed by atoms with Gasteiger partial charge in [-0.3, -0.25) is 9.59 Å². The lowest BCUT2D eigenvalue weighted by Gasteiger charge is -2.12. The minimum atomic E-state index is -0.511. The van der Waals surface area contributed by atoms with Gasteiger partial charge in [-0.25, -0.2) is 4.39 Å². The van der Waals surface area contributed by atoms with Crippen LogP contribution in [0.5, 0.6) is 11.5 Å². The van der Waals surface area contributed by atoms with Gasteiger partial charge in [0.15, 0.2) is 23.9 Å². The highest BCUT2D eigenvalue weighted by molar-refractivity contribution is 5.98. The van der Waals surface area contributed by atoms with E-state index in [9.17, 15) is 14.0 Å². The third kappa shape index (κ3) is 5.05. The first-order valence-corrected chi connectivity index (χ1v) is 8.11. The summed E-state index contributed by atoms with van der Waals surface area (Å²) in [6.07, 6.45) is 0.334. The molecule has 2 aromatic rings. The van der Waals surface area contributed by atoms with Crippen LogP contribution < -0.4 is 9.47 Å². The Morgan fingerprint density at radius 1 is 1.04 bits per heavy atom. The molecule has 0 aliphatic rings. The number of Topliss-reactive ketones (excluding diaryl/α,β-unsaturated/α-hetero) is 1. The fourth-order valence-corrected chi connectivity index (χ4v) is 2.47. The average molecular weight is 360 g/mol. The number of carbonyl (C=O) groups is 2. The smallest absolute Gasteiger partial charge is 0.309 e. The van der Waals surface area contributed by atoms with E-state index in [4.69, 9.17) is 14.2 Å². The van der Waals surface area contributed by atoms with Crippen molar-refractivity contribution in [1.82, 2.24) is 0 Å². The average Bonchev–Trinajstić information content (AvgIpc) is 2.65. The molecule has 0 N–H and O–H groups in total. The number of methoxy groups -OCH3 is 2. The number of hydrogen-bond acceptors (Lipinski definition) is 5. The van der Waals surface area contributed by atoms with Crippen molar-refractivity contribution in [3.8, 4) is 11.5 Å². The van der Waals surface area contributed by atoms with Crippen LogP contribution in [0.25, 0.3) is 0 Å². The van der Waals surface area contributed by atoms with E-state index >= 15 is 0 Å². The van der Waals surface area contributed by atoms with Gasteiger partial charge in [-0.1, -0.05) is 19.1 Å². The molecule has 0 saturated heterocycles. The van der Waals surface area contributed by atoms with E-state index in [1.165, 1.54) is 32.4 Å². The first-order chi connectivity index (χ1) is 12.4. The minimum absolute atomic E-state index is 0.334. The quantitative estimate of drug-likeness (QED) is 0.533. The van der Waals surface area contributed by atoms with Gasteiger partial charge in [0.25, 0.3) is 0 Å². The summed E-state index contributed by atoms with van der Waals surface area (Å²) in [4.78, 5) is 24.3. The van der Waals surface area contributed by atoms with Crippen molar-refractivity contribution < 1.29 is 28.2 Å². The highest BCUT2D eigenvalue weighted by atomic mass is 19.1. The number of esters is 1. The Morgan fingerprint density at radius 2 is 1.77 bits per heavy atom. The summed E-state index contributed by atoms with van der Waals surface area (Å²) in [5.74, 6) is -0.782. The maximum atomic E-state index is 13.2. The first-order valence-electron chi connectivity index (χ1n) is 8.11. The van der Waals surface area contributed by atoms with Crippen LogP contribution >= 0.6 is 0 Å². The van der Waals surface area contributed by atoms with E-state index in [1.807, 2.05) is 0 Å². The molecule has 0 aliphatic heterocycles. The molecule has 0 bridgehead atoms. The van der Waals surface area contributed by atoms with Gasteiger partial charge in [0.05, 0.1) is 20.1 Å². The molecule has 0 saturated carbocycles. The van der Waals surface area contributed by atoms with Gasteiger partial charge in [0.2, 0.25) is 0 Å². The maximum absolute atomic E-state index is 13.2. The Bertz CT molecular complexity index is 788. The molecule has 6 heteroatoms. The molecular weight excluding hydrogens is 339 g/mol. The van der Waals surface area contributed by atoms with Gasteiger partial charge in [0, 0.05) is 5.56 Å². The molecule has 26 heavy (non-hydrogen) atoms. The summed E-state index contributed by atoms with van der Waals surface area (Å²) in [6, 6.07) is 10.8. The zero-order chi connectivity index (χ0) is 19.1. The molecule has 2 aromatic carbocycles. The summed E-state index contributed by atoms with van der Waals surface area (Å²) in [6.45, 7) is 1.30. The van der Waals surface area contributed by atoms with Crippen molar-refractivity contribution in [1.29, 1.82) is 0 Å². The molecule has 0 fully saturated rings. The van der Waals surface area contributed by atoms with Gasteiger partial charge in [-0.2, -0.15) is 0 Å². The van der Waals surface area contributed by atoms with Crippen LogP contribution in [0.3, 0.4) is 0 Å². The number of ether oxygens (including phenoxy) is 3. The van der Waals surface area contributed by atoms with Gasteiger partial charge in [-0.05, 0) is 42.3 Å². The maximum Gasteiger partial charge on any atom is 0.309 e. The van der Waals surface area contributed by atoms with Gasteiger partial charge in [-0.15, -0.1) is 0 Å². The van der Waals surface area contributed by atoms with E-state index in [-0.39, 0.29) is 18.2 Å². The van der Waals surface area contributed by atoms with E-state index in [2.05, 4.69) is 0 Å². The van der Waals surface area contributed by atoms with Crippen molar-refractivity contribution in [3.63, 3.8) is 0 Å². The van der Waals surface area contributed by atoms with E-state index < -0.39 is 11.9 Å². The van der Waals surface area contributed by atoms with Crippen molar-refractivity contribution in [2.75, 3.05) is 20.8 Å². The van der Waals surface area contributed by atoms with Crippen LogP contribution in [0.2, 0.25) is 0 Å². The molecule has 1 atom stereocenters. The lowest BCUT2D eigenvalue weighted by atomic mass is 10.0. The Morgan fingerprint density at radius 3 is 2.42 bits per heavy atom. The second kappa shape index (κ2) is 8.99. The topological polar surface area (TPSA) is 61.8 Å². The SMILES string of the molecule is COc1ccc(C(=O)COC(=O)C(C)Cc2cccc(F)c2)cc1OC. The van der Waals surface area contributed by atoms with Crippen molar-refractivity contribution >= 4 is 11.8 Å². The monoisotopic (exact) mass is 360 g/mol. The molecule has 1 unspecified atom stereocenters. The second-order valence-electron chi connectivity index (χ2n) is 5.84. The molecule has 0 spiro atoms. The van der Waals surface area contributed by atoms with Gasteiger partial charge >= 0.3 is 5.97 Å². The van der Waals surface area contributed by atoms with E-state index in [1.54, 1.807) is 31.2 Å². The zero-order valence-corrected chi connectivity index (χ0v) is 15.0. The molecule has 0 amide bonds. The van der Waals surface area contributed by atoms with Gasteiger partial charge in [0.1, 0.15) is 5.82 Å². The summed E-state index contributed by atoms with van der Waals surface area (Å²) >= 11 is 0. The Balaban J connectivity index is 1.92. The molecule has 5 nitrogen and oxygen atoms in total. The number of benzene rings is 2. The molecule has 0 aliphatic carbocycles. The summed E-state index contributed by atoms with van der Waals surface area (Å²) in [5, 5.41) is 0. The van der Waals surface area contributed by atoms with Gasteiger partial charge < -0.3 is 14.2 Å². The van der Waals surface area contributed by atoms with E-state index in [0.717, 1.165) is 0 Å². The molecule has 0 heterocycles. The van der Waals surface area contributed by atoms with Crippen molar-refractivity contribution in [2.24, 2.45) is 5.92 Å². The predicted molar refractivity (Wildman–Crippen MR) is 94.1 cm³/mol. The third-order valence-electron chi connectivity index (χ3n) is 3.88. The standard InChI is InChI=1S/C20H21FO5/c1-13(9-14-5-4-6-16(21)10-14)20(23)26-12-17(22)15-7-8-18(24-2)19(11-15)25-3/h4-8,10-11,13H,9,12H2,1-3H3. The molecule has 2 rings (SSSR count). The largest absolute Gasteiger partial charge is 0.493 e. The molecular formula is C20H21FO5. The van der Waals surface area contributed by atoms with Crippen LogP contribution in [-0.2, 0) is 16.0 Å². The van der Waals surface area contributed by atoms with Crippen molar-refractivity contribution in [3.05, 3.63) is 59.4 Å². The normalized spacial score (nSPS) is 11.5. The fraction of sp³-hybridized carbons (Fsp3) is 0.300. The van der Waals surface area contributed by atoms with Crippen LogP contribution in [-0.4, -0.2) is 32.6 Å². The number of carbonyl (C=O) groups excluding carboxylic acids is 2. The summed E-state index contributed by atoms with van der Waals surface area (Å²) in [7, 11) is 2.97. The third-order valence-corrected chi connectivity index (χ3v) is 3.88. The highest BCUT2D eigenvalue weighted by Gasteiger charge is 2.18. The summed E-state index contributed by atoms with van der Waals surface area (Å²) < 4.78 is 28.6. The van der Waals surface area contributed by atoms with Crippen LogP contribution in [0, 0.1) is 11.7 Å². The Hall–Kier alpha value is -2.89. The molecule has 0 aromatic heterocycles. The fourth-order valence-electron chi connectivity index (χ4n) is 2.47. The number of ketones is 1. The predicted octanol–water partition coefficient (Wildman–Crippen LogP) is 3.45. The Labute approximate surface area is 151 Å².